The Morgan fingerprint density at radius 2 is 2.17 bits per heavy atom. The Morgan fingerprint density at radius 1 is 1.39 bits per heavy atom. The van der Waals surface area contributed by atoms with E-state index in [1.807, 2.05) is 24.3 Å². The standard InChI is InChI=1S/C17H20N2O4/c1-22-14-4-2-3-12(10-14)9-13-11-18-15(17(20)21)16(13)19-5-7-23-8-6-19/h2-4,10-11,18H,5-9H2,1H3,(H,20,21). The van der Waals surface area contributed by atoms with Crippen LogP contribution in [-0.4, -0.2) is 49.5 Å². The van der Waals surface area contributed by atoms with Gasteiger partial charge in [0, 0.05) is 25.7 Å². The average molecular weight is 316 g/mol. The monoisotopic (exact) mass is 316 g/mol. The summed E-state index contributed by atoms with van der Waals surface area (Å²) in [6, 6.07) is 7.81. The van der Waals surface area contributed by atoms with Gasteiger partial charge in [-0.3, -0.25) is 0 Å². The van der Waals surface area contributed by atoms with E-state index in [1.54, 1.807) is 13.3 Å². The van der Waals surface area contributed by atoms with Crippen LogP contribution >= 0.6 is 0 Å². The molecule has 6 nitrogen and oxygen atoms in total. The third kappa shape index (κ3) is 3.32. The third-order valence-corrected chi connectivity index (χ3v) is 4.00. The Kier molecular flexibility index (Phi) is 4.52. The summed E-state index contributed by atoms with van der Waals surface area (Å²) in [7, 11) is 1.64. The first-order chi connectivity index (χ1) is 11.2. The van der Waals surface area contributed by atoms with Crippen LogP contribution in [0.15, 0.2) is 30.5 Å². The number of benzene rings is 1. The molecule has 1 aromatic carbocycles. The van der Waals surface area contributed by atoms with Crippen molar-refractivity contribution in [3.05, 3.63) is 47.3 Å². The van der Waals surface area contributed by atoms with Gasteiger partial charge in [0.25, 0.3) is 0 Å². The maximum atomic E-state index is 11.5. The van der Waals surface area contributed by atoms with Gasteiger partial charge in [0.05, 0.1) is 26.0 Å². The zero-order valence-corrected chi connectivity index (χ0v) is 13.0. The summed E-state index contributed by atoms with van der Waals surface area (Å²) in [5, 5.41) is 9.45. The lowest BCUT2D eigenvalue weighted by Gasteiger charge is -2.29. The molecule has 2 aromatic rings. The molecule has 0 saturated carbocycles. The molecule has 1 aliphatic rings. The Balaban J connectivity index is 1.93. The summed E-state index contributed by atoms with van der Waals surface area (Å²) in [4.78, 5) is 16.5. The fraction of sp³-hybridized carbons (Fsp3) is 0.353. The van der Waals surface area contributed by atoms with Gasteiger partial charge in [-0.05, 0) is 23.3 Å². The lowest BCUT2D eigenvalue weighted by atomic mass is 10.0. The van der Waals surface area contributed by atoms with E-state index in [0.29, 0.717) is 32.7 Å². The predicted octanol–water partition coefficient (Wildman–Crippen LogP) is 2.15. The van der Waals surface area contributed by atoms with Gasteiger partial charge >= 0.3 is 5.97 Å². The minimum Gasteiger partial charge on any atom is -0.497 e. The van der Waals surface area contributed by atoms with Crippen molar-refractivity contribution < 1.29 is 19.4 Å². The van der Waals surface area contributed by atoms with Crippen LogP contribution in [0, 0.1) is 0 Å². The van der Waals surface area contributed by atoms with E-state index in [0.717, 1.165) is 22.6 Å². The molecule has 1 fully saturated rings. The van der Waals surface area contributed by atoms with Crippen molar-refractivity contribution in [3.8, 4) is 5.75 Å². The first kappa shape index (κ1) is 15.4. The van der Waals surface area contributed by atoms with E-state index in [9.17, 15) is 9.90 Å². The maximum absolute atomic E-state index is 11.5. The molecule has 23 heavy (non-hydrogen) atoms. The molecule has 0 radical (unpaired) electrons. The molecule has 6 heteroatoms. The van der Waals surface area contributed by atoms with Gasteiger partial charge in [-0.25, -0.2) is 4.79 Å². The second-order valence-corrected chi connectivity index (χ2v) is 5.47. The number of aromatic amines is 1. The quantitative estimate of drug-likeness (QED) is 0.884. The number of nitrogens with zero attached hydrogens (tertiary/aromatic N) is 1. The number of anilines is 1. The van der Waals surface area contributed by atoms with E-state index in [4.69, 9.17) is 9.47 Å². The highest BCUT2D eigenvalue weighted by Gasteiger charge is 2.23. The van der Waals surface area contributed by atoms with Gasteiger partial charge < -0.3 is 24.5 Å². The van der Waals surface area contributed by atoms with E-state index in [-0.39, 0.29) is 5.69 Å². The smallest absolute Gasteiger partial charge is 0.354 e. The molecule has 0 bridgehead atoms. The molecule has 0 atom stereocenters. The topological polar surface area (TPSA) is 74.8 Å². The van der Waals surface area contributed by atoms with Crippen LogP contribution < -0.4 is 9.64 Å². The van der Waals surface area contributed by atoms with Crippen molar-refractivity contribution >= 4 is 11.7 Å². The molecule has 1 saturated heterocycles. The van der Waals surface area contributed by atoms with Crippen LogP contribution in [0.1, 0.15) is 21.6 Å². The number of hydrogen-bond acceptors (Lipinski definition) is 4. The van der Waals surface area contributed by atoms with Gasteiger partial charge in [0.2, 0.25) is 0 Å². The molecule has 2 N–H and O–H groups in total. The van der Waals surface area contributed by atoms with Gasteiger partial charge in [-0.15, -0.1) is 0 Å². The van der Waals surface area contributed by atoms with Gasteiger partial charge in [0.1, 0.15) is 11.4 Å². The number of hydrogen-bond donors (Lipinski definition) is 2. The highest BCUT2D eigenvalue weighted by Crippen LogP contribution is 2.29. The number of nitrogens with one attached hydrogen (secondary N) is 1. The Morgan fingerprint density at radius 3 is 2.87 bits per heavy atom. The van der Waals surface area contributed by atoms with Crippen molar-refractivity contribution in [2.24, 2.45) is 0 Å². The van der Waals surface area contributed by atoms with Crippen molar-refractivity contribution in [3.63, 3.8) is 0 Å². The third-order valence-electron chi connectivity index (χ3n) is 4.00. The predicted molar refractivity (Wildman–Crippen MR) is 86.6 cm³/mol. The van der Waals surface area contributed by atoms with Crippen molar-refractivity contribution in [2.45, 2.75) is 6.42 Å². The first-order valence-corrected chi connectivity index (χ1v) is 7.58. The van der Waals surface area contributed by atoms with Crippen molar-refractivity contribution in [2.75, 3.05) is 38.3 Å². The van der Waals surface area contributed by atoms with Crippen LogP contribution in [0.5, 0.6) is 5.75 Å². The maximum Gasteiger partial charge on any atom is 0.354 e. The first-order valence-electron chi connectivity index (χ1n) is 7.58. The molecule has 0 aliphatic carbocycles. The summed E-state index contributed by atoms with van der Waals surface area (Å²) < 4.78 is 10.6. The number of H-pyrrole nitrogens is 1. The van der Waals surface area contributed by atoms with Crippen LogP contribution in [0.25, 0.3) is 0 Å². The summed E-state index contributed by atoms with van der Waals surface area (Å²) in [6.45, 7) is 2.62. The molecule has 2 heterocycles. The lowest BCUT2D eigenvalue weighted by molar-refractivity contribution is 0.0690. The summed E-state index contributed by atoms with van der Waals surface area (Å²) in [5.74, 6) is -0.146. The molecular weight excluding hydrogens is 296 g/mol. The zero-order valence-electron chi connectivity index (χ0n) is 13.0. The van der Waals surface area contributed by atoms with Crippen LogP contribution in [0.2, 0.25) is 0 Å². The molecule has 0 unspecified atom stereocenters. The number of rotatable bonds is 5. The van der Waals surface area contributed by atoms with Gasteiger partial charge in [-0.2, -0.15) is 0 Å². The molecule has 0 amide bonds. The number of carboxylic acid groups (broad SMARTS) is 1. The largest absolute Gasteiger partial charge is 0.497 e. The summed E-state index contributed by atoms with van der Waals surface area (Å²) >= 11 is 0. The zero-order chi connectivity index (χ0) is 16.2. The highest BCUT2D eigenvalue weighted by molar-refractivity contribution is 5.93. The Hall–Kier alpha value is -2.47. The average Bonchev–Trinajstić information content (AvgIpc) is 2.99. The minimum absolute atomic E-state index is 0.241. The molecular formula is C17H20N2O4. The van der Waals surface area contributed by atoms with E-state index < -0.39 is 5.97 Å². The van der Waals surface area contributed by atoms with Gasteiger partial charge in [-0.1, -0.05) is 12.1 Å². The lowest BCUT2D eigenvalue weighted by Crippen LogP contribution is -2.37. The van der Waals surface area contributed by atoms with E-state index in [2.05, 4.69) is 9.88 Å². The normalized spacial score (nSPS) is 14.7. The second-order valence-electron chi connectivity index (χ2n) is 5.47. The minimum atomic E-state index is -0.941. The van der Waals surface area contributed by atoms with Gasteiger partial charge in [0.15, 0.2) is 0 Å². The second kappa shape index (κ2) is 6.75. The molecule has 1 aromatic heterocycles. The fourth-order valence-corrected chi connectivity index (χ4v) is 2.90. The Labute approximate surface area is 134 Å². The number of methoxy groups -OCH3 is 1. The number of aromatic carboxylic acids is 1. The number of carbonyl (C=O) groups is 1. The van der Waals surface area contributed by atoms with Crippen molar-refractivity contribution in [1.82, 2.24) is 4.98 Å². The van der Waals surface area contributed by atoms with Crippen molar-refractivity contribution in [1.29, 1.82) is 0 Å². The number of morpholine rings is 1. The number of aromatic nitrogens is 1. The molecule has 1 aliphatic heterocycles. The van der Waals surface area contributed by atoms with Crippen LogP contribution in [0.4, 0.5) is 5.69 Å². The van der Waals surface area contributed by atoms with E-state index in [1.165, 1.54) is 0 Å². The highest BCUT2D eigenvalue weighted by atomic mass is 16.5. The van der Waals surface area contributed by atoms with Crippen LogP contribution in [0.3, 0.4) is 0 Å². The molecule has 122 valence electrons. The fourth-order valence-electron chi connectivity index (χ4n) is 2.90. The number of carboxylic acids is 1. The van der Waals surface area contributed by atoms with E-state index >= 15 is 0 Å². The summed E-state index contributed by atoms with van der Waals surface area (Å²) in [5.41, 5.74) is 3.06. The molecule has 0 spiro atoms. The van der Waals surface area contributed by atoms with Crippen LogP contribution in [-0.2, 0) is 11.2 Å². The number of ether oxygens (including phenoxy) is 2. The molecule has 3 rings (SSSR count). The Bertz CT molecular complexity index is 690. The SMILES string of the molecule is COc1cccc(Cc2c[nH]c(C(=O)O)c2N2CCOCC2)c1. The summed E-state index contributed by atoms with van der Waals surface area (Å²) in [6.07, 6.45) is 2.43.